The van der Waals surface area contributed by atoms with Crippen LogP contribution in [0.3, 0.4) is 0 Å². The maximum atomic E-state index is 12.6. The van der Waals surface area contributed by atoms with Crippen LogP contribution < -0.4 is 9.62 Å². The van der Waals surface area contributed by atoms with Gasteiger partial charge in [-0.2, -0.15) is 0 Å². The second-order valence-electron chi connectivity index (χ2n) is 6.64. The first-order valence-corrected chi connectivity index (χ1v) is 10.9. The second kappa shape index (κ2) is 7.90. The van der Waals surface area contributed by atoms with Crippen molar-refractivity contribution in [2.24, 2.45) is 0 Å². The Labute approximate surface area is 168 Å². The van der Waals surface area contributed by atoms with E-state index in [1.165, 1.54) is 4.90 Å². The molecule has 1 heterocycles. The largest absolute Gasteiger partial charge is 0.338 e. The van der Waals surface area contributed by atoms with Gasteiger partial charge in [0.15, 0.2) is 0 Å². The number of aromatic amines is 1. The van der Waals surface area contributed by atoms with Gasteiger partial charge in [-0.15, -0.1) is 0 Å². The zero-order valence-corrected chi connectivity index (χ0v) is 17.4. The topological polar surface area (TPSA) is 95.2 Å². The summed E-state index contributed by atoms with van der Waals surface area (Å²) in [6.07, 6.45) is 1.11. The number of hydrogen-bond donors (Lipinski definition) is 2. The number of rotatable bonds is 6. The van der Waals surface area contributed by atoms with Gasteiger partial charge < -0.3 is 9.88 Å². The van der Waals surface area contributed by atoms with Gasteiger partial charge in [0, 0.05) is 30.6 Å². The first kappa shape index (κ1) is 20.3. The number of amides is 1. The van der Waals surface area contributed by atoms with Crippen LogP contribution in [0.2, 0.25) is 5.02 Å². The number of anilines is 1. The summed E-state index contributed by atoms with van der Waals surface area (Å²) in [4.78, 5) is 21.9. The van der Waals surface area contributed by atoms with Crippen molar-refractivity contribution >= 4 is 44.3 Å². The average molecular weight is 421 g/mol. The molecule has 0 atom stereocenters. The van der Waals surface area contributed by atoms with Crippen molar-refractivity contribution in [3.05, 3.63) is 47.0 Å². The molecule has 148 valence electrons. The minimum absolute atomic E-state index is 0.0480. The van der Waals surface area contributed by atoms with E-state index < -0.39 is 10.0 Å². The van der Waals surface area contributed by atoms with E-state index in [9.17, 15) is 13.2 Å². The van der Waals surface area contributed by atoms with Gasteiger partial charge in [-0.1, -0.05) is 23.2 Å². The molecule has 0 aliphatic rings. The zero-order chi connectivity index (χ0) is 20.5. The van der Waals surface area contributed by atoms with Gasteiger partial charge in [-0.3, -0.25) is 4.79 Å². The van der Waals surface area contributed by atoms with E-state index in [0.29, 0.717) is 16.5 Å². The summed E-state index contributed by atoms with van der Waals surface area (Å²) in [5, 5.41) is 0.609. The van der Waals surface area contributed by atoms with E-state index in [4.69, 9.17) is 11.6 Å². The highest BCUT2D eigenvalue weighted by atomic mass is 35.5. The number of H-pyrrole nitrogens is 1. The molecular weight excluding hydrogens is 400 g/mol. The van der Waals surface area contributed by atoms with E-state index >= 15 is 0 Å². The Balaban J connectivity index is 1.92. The van der Waals surface area contributed by atoms with E-state index in [2.05, 4.69) is 14.7 Å². The summed E-state index contributed by atoms with van der Waals surface area (Å²) in [5.74, 6) is 0.422. The summed E-state index contributed by atoms with van der Waals surface area (Å²) < 4.78 is 24.7. The van der Waals surface area contributed by atoms with Crippen molar-refractivity contribution in [1.82, 2.24) is 14.7 Å². The molecule has 0 aliphatic carbocycles. The minimum Gasteiger partial charge on any atom is -0.338 e. The van der Waals surface area contributed by atoms with Crippen LogP contribution >= 0.6 is 11.6 Å². The van der Waals surface area contributed by atoms with Crippen LogP contribution in [0.15, 0.2) is 36.4 Å². The minimum atomic E-state index is -3.33. The summed E-state index contributed by atoms with van der Waals surface area (Å²) in [7, 11) is -1.67. The van der Waals surface area contributed by atoms with Crippen LogP contribution in [0.5, 0.6) is 0 Å². The lowest BCUT2D eigenvalue weighted by Gasteiger charge is -2.20. The fourth-order valence-corrected chi connectivity index (χ4v) is 3.53. The van der Waals surface area contributed by atoms with Crippen molar-refractivity contribution in [1.29, 1.82) is 0 Å². The van der Waals surface area contributed by atoms with Gasteiger partial charge in [0.25, 0.3) is 0 Å². The molecular formula is C19H21ClN4O3S. The number of carbonyl (C=O) groups excluding carboxylic acids is 1. The third-order valence-electron chi connectivity index (χ3n) is 4.29. The molecule has 0 saturated heterocycles. The number of aryl methyl sites for hydroxylation is 1. The molecule has 0 unspecified atom stereocenters. The molecule has 1 aromatic heterocycles. The van der Waals surface area contributed by atoms with E-state index in [0.717, 1.165) is 28.4 Å². The lowest BCUT2D eigenvalue weighted by Crippen LogP contribution is -2.32. The molecule has 9 heteroatoms. The first-order chi connectivity index (χ1) is 13.1. The molecule has 3 aromatic rings. The van der Waals surface area contributed by atoms with Gasteiger partial charge in [0.1, 0.15) is 5.82 Å². The van der Waals surface area contributed by atoms with Crippen molar-refractivity contribution < 1.29 is 13.2 Å². The van der Waals surface area contributed by atoms with Gasteiger partial charge in [-0.25, -0.2) is 18.1 Å². The number of carbonyl (C=O) groups is 1. The van der Waals surface area contributed by atoms with Crippen LogP contribution in [0.25, 0.3) is 22.4 Å². The molecule has 7 nitrogen and oxygen atoms in total. The number of fused-ring (bicyclic) bond motifs is 1. The molecule has 2 aromatic carbocycles. The zero-order valence-electron chi connectivity index (χ0n) is 15.8. The number of nitrogens with zero attached hydrogens (tertiary/aromatic N) is 2. The summed E-state index contributed by atoms with van der Waals surface area (Å²) >= 11 is 6.05. The van der Waals surface area contributed by atoms with Crippen molar-refractivity contribution in [2.45, 2.75) is 13.3 Å². The Morgan fingerprint density at radius 2 is 2.00 bits per heavy atom. The van der Waals surface area contributed by atoms with E-state index in [1.807, 2.05) is 31.2 Å². The normalized spacial score (nSPS) is 11.7. The van der Waals surface area contributed by atoms with Gasteiger partial charge in [0.2, 0.25) is 15.9 Å². The molecule has 28 heavy (non-hydrogen) atoms. The molecule has 0 bridgehead atoms. The summed E-state index contributed by atoms with van der Waals surface area (Å²) in [6.45, 7) is 2.01. The summed E-state index contributed by atoms with van der Waals surface area (Å²) in [5.41, 5.74) is 4.07. The lowest BCUT2D eigenvalue weighted by atomic mass is 10.1. The predicted octanol–water partition coefficient (Wildman–Crippen LogP) is 3.09. The van der Waals surface area contributed by atoms with Gasteiger partial charge >= 0.3 is 0 Å². The van der Waals surface area contributed by atoms with Gasteiger partial charge in [-0.05, 0) is 37.3 Å². The Kier molecular flexibility index (Phi) is 5.74. The SMILES string of the molecule is Cc1ccc(N(C)C(=O)CCNS(C)(=O)=O)c(-c2nc3ccc(Cl)cc3[nH]2)c1. The number of nitrogens with one attached hydrogen (secondary N) is 2. The highest BCUT2D eigenvalue weighted by molar-refractivity contribution is 7.88. The number of aromatic nitrogens is 2. The lowest BCUT2D eigenvalue weighted by molar-refractivity contribution is -0.118. The fourth-order valence-electron chi connectivity index (χ4n) is 2.89. The second-order valence-corrected chi connectivity index (χ2v) is 8.91. The standard InChI is InChI=1S/C19H21ClN4O3S/c1-12-4-7-17(24(2)18(25)8-9-21-28(3,26)27)14(10-12)19-22-15-6-5-13(20)11-16(15)23-19/h4-7,10-11,21H,8-9H2,1-3H3,(H,22,23). The summed E-state index contributed by atoms with van der Waals surface area (Å²) in [6, 6.07) is 11.1. The quantitative estimate of drug-likeness (QED) is 0.640. The van der Waals surface area contributed by atoms with E-state index in [1.54, 1.807) is 19.2 Å². The first-order valence-electron chi connectivity index (χ1n) is 8.61. The number of sulfonamides is 1. The highest BCUT2D eigenvalue weighted by Crippen LogP contribution is 2.31. The van der Waals surface area contributed by atoms with E-state index in [-0.39, 0.29) is 18.9 Å². The third-order valence-corrected chi connectivity index (χ3v) is 5.25. The number of imidazole rings is 1. The maximum absolute atomic E-state index is 12.6. The van der Waals surface area contributed by atoms with Gasteiger partial charge in [0.05, 0.1) is 23.0 Å². The third kappa shape index (κ3) is 4.70. The Morgan fingerprint density at radius 3 is 2.71 bits per heavy atom. The van der Waals surface area contributed by atoms with Crippen molar-refractivity contribution in [3.8, 4) is 11.4 Å². The molecule has 1 amide bonds. The average Bonchev–Trinajstić information content (AvgIpc) is 3.02. The van der Waals surface area contributed by atoms with Crippen LogP contribution in [0, 0.1) is 6.92 Å². The Hall–Kier alpha value is -2.42. The molecule has 3 rings (SSSR count). The molecule has 0 saturated carbocycles. The number of benzene rings is 2. The van der Waals surface area contributed by atoms with Crippen LogP contribution in [0.4, 0.5) is 5.69 Å². The van der Waals surface area contributed by atoms with Crippen molar-refractivity contribution in [2.75, 3.05) is 24.7 Å². The highest BCUT2D eigenvalue weighted by Gasteiger charge is 2.18. The predicted molar refractivity (Wildman–Crippen MR) is 112 cm³/mol. The Morgan fingerprint density at radius 1 is 1.25 bits per heavy atom. The van der Waals surface area contributed by atoms with Crippen LogP contribution in [-0.4, -0.2) is 44.1 Å². The number of hydrogen-bond acceptors (Lipinski definition) is 4. The maximum Gasteiger partial charge on any atom is 0.228 e. The molecule has 2 N–H and O–H groups in total. The van der Waals surface area contributed by atoms with Crippen LogP contribution in [-0.2, 0) is 14.8 Å². The molecule has 0 fully saturated rings. The van der Waals surface area contributed by atoms with Crippen LogP contribution in [0.1, 0.15) is 12.0 Å². The molecule has 0 aliphatic heterocycles. The van der Waals surface area contributed by atoms with Crippen molar-refractivity contribution in [3.63, 3.8) is 0 Å². The fraction of sp³-hybridized carbons (Fsp3) is 0.263. The Bertz CT molecular complexity index is 1140. The monoisotopic (exact) mass is 420 g/mol. The molecule has 0 radical (unpaired) electrons. The number of halogens is 1. The smallest absolute Gasteiger partial charge is 0.228 e. The molecule has 0 spiro atoms.